The van der Waals surface area contributed by atoms with Gasteiger partial charge in [0.25, 0.3) is 0 Å². The van der Waals surface area contributed by atoms with E-state index in [-0.39, 0.29) is 65.8 Å². The van der Waals surface area contributed by atoms with Crippen LogP contribution in [0, 0.1) is 68.5 Å². The van der Waals surface area contributed by atoms with E-state index >= 15 is 4.79 Å². The SMILES string of the molecule is C[C@@]12CC[C@H](SSC[C@@H](Cc3ccccc3)C1)[C@@H]1CC[C@H](Cc3ccccc3)C[C@]13CC#C[C@@]1(C)C[C@@]4(NN[C@@H]5CCC[C@@H]5[C@]5(C)CC[C@H](O)[C@@]([C@H](O)CC2)([C@H]54)[C@@]1(O)CCC1=CC(=O)OC1)OC3=O. The lowest BCUT2D eigenvalue weighted by atomic mass is 9.34. The number of rotatable bonds is 7. The van der Waals surface area contributed by atoms with Crippen molar-refractivity contribution in [2.24, 2.45) is 56.7 Å². The van der Waals surface area contributed by atoms with E-state index in [1.165, 1.54) is 11.1 Å². The van der Waals surface area contributed by atoms with Crippen LogP contribution < -0.4 is 10.9 Å². The Bertz CT molecular complexity index is 2360. The van der Waals surface area contributed by atoms with Crippen molar-refractivity contribution in [1.82, 2.24) is 10.9 Å². The number of ether oxygens (including phenoxy) is 2. The standard InChI is InChI=1S/C58H76N2O7S2/c1-52-26-21-46(69-68-36-42(33-52)31-39-14-8-5-9-15-39)44-19-18-40(30-38-12-6-4-7-13-38)34-55(44)25-11-24-53(2)37-56(67-51(55)64)50-54(3,43-16-10-17-45(43)59-60-56)28-23-48(62)58(50,47(61)22-27-52)57(53,65)29-20-41-32-49(63)66-35-41/h4-9,12-15,32,40,42-48,50,59-62,65H,10,16-23,25-31,33-37H2,1-3H3/t40-,42+,43+,44+,45-,46+,47-,48+,50-,52+,53+,54+,55-,56-,57-,58+/m1/s1. The van der Waals surface area contributed by atoms with Crippen LogP contribution in [0.5, 0.6) is 0 Å². The average Bonchev–Trinajstić information content (AvgIpc) is 4.00. The van der Waals surface area contributed by atoms with Crippen LogP contribution in [0.2, 0.25) is 0 Å². The monoisotopic (exact) mass is 977 g/mol. The van der Waals surface area contributed by atoms with Gasteiger partial charge in [-0.05, 0) is 161 Å². The second-order valence-corrected chi connectivity index (χ2v) is 27.2. The second-order valence-electron chi connectivity index (χ2n) is 24.6. The third-order valence-corrected chi connectivity index (χ3v) is 23.6. The van der Waals surface area contributed by atoms with Gasteiger partial charge in [-0.3, -0.25) is 10.2 Å². The Balaban J connectivity index is 1.14. The number of esters is 2. The zero-order valence-corrected chi connectivity index (χ0v) is 42.8. The first kappa shape index (κ1) is 48.4. The van der Waals surface area contributed by atoms with Crippen molar-refractivity contribution in [2.45, 2.75) is 178 Å². The van der Waals surface area contributed by atoms with E-state index in [0.29, 0.717) is 44.4 Å². The normalized spacial score (nSPS) is 46.1. The number of aliphatic hydroxyl groups excluding tert-OH is 2. The maximum absolute atomic E-state index is 16.6. The first-order valence-corrected chi connectivity index (χ1v) is 29.1. The molecule has 69 heavy (non-hydrogen) atoms. The number of hydrazine groups is 1. The van der Waals surface area contributed by atoms with Gasteiger partial charge in [-0.2, -0.15) is 0 Å². The fourth-order valence-electron chi connectivity index (χ4n) is 17.5. The summed E-state index contributed by atoms with van der Waals surface area (Å²) >= 11 is 0. The molecule has 2 aromatic carbocycles. The lowest BCUT2D eigenvalue weighted by Crippen LogP contribution is -2.84. The molecule has 7 fully saturated rings. The van der Waals surface area contributed by atoms with E-state index in [2.05, 4.69) is 97.2 Å². The Morgan fingerprint density at radius 2 is 1.52 bits per heavy atom. The van der Waals surface area contributed by atoms with E-state index in [0.717, 1.165) is 82.0 Å². The maximum Gasteiger partial charge on any atom is 0.331 e. The molecule has 5 heterocycles. The van der Waals surface area contributed by atoms with Crippen LogP contribution in [0.1, 0.15) is 141 Å². The lowest BCUT2D eigenvalue weighted by Gasteiger charge is -2.73. The zero-order valence-electron chi connectivity index (χ0n) is 41.2. The minimum Gasteiger partial charge on any atom is -0.458 e. The van der Waals surface area contributed by atoms with E-state index in [9.17, 15) is 20.1 Å². The molecule has 0 radical (unpaired) electrons. The number of benzene rings is 2. The minimum atomic E-state index is -1.78. The number of carbonyl (C=O) groups is 2. The molecular weight excluding hydrogens is 901 g/mol. The molecule has 0 amide bonds. The number of hydrogen-bond acceptors (Lipinski definition) is 11. The molecule has 16 atom stereocenters. The molecule has 4 saturated carbocycles. The Morgan fingerprint density at radius 1 is 0.812 bits per heavy atom. The van der Waals surface area contributed by atoms with Gasteiger partial charge >= 0.3 is 11.9 Å². The van der Waals surface area contributed by atoms with Gasteiger partial charge in [-0.1, -0.05) is 108 Å². The van der Waals surface area contributed by atoms with Crippen molar-refractivity contribution in [3.05, 3.63) is 83.4 Å². The van der Waals surface area contributed by atoms with Gasteiger partial charge in [0.15, 0.2) is 5.72 Å². The summed E-state index contributed by atoms with van der Waals surface area (Å²) in [5.74, 6) is 8.02. The maximum atomic E-state index is 16.6. The van der Waals surface area contributed by atoms with Crippen LogP contribution in [-0.2, 0) is 31.9 Å². The molecule has 11 rings (SSSR count). The van der Waals surface area contributed by atoms with Gasteiger partial charge in [0.2, 0.25) is 0 Å². The topological polar surface area (TPSA) is 137 Å². The van der Waals surface area contributed by atoms with Crippen LogP contribution in [0.3, 0.4) is 0 Å². The molecule has 4 aliphatic carbocycles. The third kappa shape index (κ3) is 8.01. The highest BCUT2D eigenvalue weighted by atomic mass is 33.1. The molecule has 6 bridgehead atoms. The number of aliphatic hydroxyl groups is 3. The van der Waals surface area contributed by atoms with Gasteiger partial charge < -0.3 is 24.8 Å². The Kier molecular flexibility index (Phi) is 12.8. The fourth-order valence-corrected chi connectivity index (χ4v) is 20.9. The summed E-state index contributed by atoms with van der Waals surface area (Å²) in [4.78, 5) is 29.2. The molecule has 372 valence electrons. The molecule has 2 aromatic rings. The van der Waals surface area contributed by atoms with Crippen molar-refractivity contribution in [3.8, 4) is 11.8 Å². The number of nitrogens with one attached hydrogen (secondary N) is 2. The van der Waals surface area contributed by atoms with Crippen LogP contribution >= 0.6 is 21.6 Å². The smallest absolute Gasteiger partial charge is 0.331 e. The first-order valence-electron chi connectivity index (χ1n) is 26.7. The van der Waals surface area contributed by atoms with Crippen LogP contribution in [0.4, 0.5) is 0 Å². The van der Waals surface area contributed by atoms with Crippen molar-refractivity contribution < 1.29 is 34.4 Å². The second kappa shape index (κ2) is 18.3. The van der Waals surface area contributed by atoms with Crippen LogP contribution in [0.15, 0.2) is 72.3 Å². The quantitative estimate of drug-likeness (QED) is 0.103. The summed E-state index contributed by atoms with van der Waals surface area (Å²) in [6, 6.07) is 21.7. The predicted octanol–water partition coefficient (Wildman–Crippen LogP) is 9.68. The molecule has 5 N–H and O–H groups in total. The van der Waals surface area contributed by atoms with Gasteiger partial charge in [0.1, 0.15) is 6.61 Å². The summed E-state index contributed by atoms with van der Waals surface area (Å²) in [5.41, 5.74) is 3.31. The van der Waals surface area contributed by atoms with Crippen LogP contribution in [-0.4, -0.2) is 74.4 Å². The molecule has 3 saturated heterocycles. The number of carbonyl (C=O) groups excluding carboxylic acids is 2. The van der Waals surface area contributed by atoms with Crippen molar-refractivity contribution in [2.75, 3.05) is 12.4 Å². The fraction of sp³-hybridized carbons (Fsp3) is 0.690. The zero-order chi connectivity index (χ0) is 47.9. The largest absolute Gasteiger partial charge is 0.458 e. The average molecular weight is 977 g/mol. The number of hydrogen-bond donors (Lipinski definition) is 5. The number of fused-ring (bicyclic) bond motifs is 8. The molecule has 9 aliphatic rings. The first-order chi connectivity index (χ1) is 33.1. The summed E-state index contributed by atoms with van der Waals surface area (Å²) in [6.45, 7) is 6.97. The third-order valence-electron chi connectivity index (χ3n) is 20.5. The van der Waals surface area contributed by atoms with E-state index < -0.39 is 51.1 Å². The van der Waals surface area contributed by atoms with Gasteiger partial charge in [-0.15, -0.1) is 5.92 Å². The molecule has 2 spiro atoms. The summed E-state index contributed by atoms with van der Waals surface area (Å²) in [5, 5.41) is 42.3. The van der Waals surface area contributed by atoms with Gasteiger partial charge in [0.05, 0.1) is 34.1 Å². The summed E-state index contributed by atoms with van der Waals surface area (Å²) < 4.78 is 13.1. The highest BCUT2D eigenvalue weighted by molar-refractivity contribution is 8.76. The minimum absolute atomic E-state index is 0.00589. The molecule has 0 unspecified atom stereocenters. The predicted molar refractivity (Wildman–Crippen MR) is 272 cm³/mol. The van der Waals surface area contributed by atoms with Gasteiger partial charge in [0, 0.05) is 41.9 Å². The van der Waals surface area contributed by atoms with Crippen molar-refractivity contribution in [1.29, 1.82) is 0 Å². The molecular formula is C58H76N2O7S2. The van der Waals surface area contributed by atoms with E-state index in [1.54, 1.807) is 6.08 Å². The molecule has 5 aliphatic heterocycles. The Labute approximate surface area is 418 Å². The van der Waals surface area contributed by atoms with Crippen LogP contribution in [0.25, 0.3) is 0 Å². The van der Waals surface area contributed by atoms with E-state index in [1.807, 2.05) is 28.5 Å². The van der Waals surface area contributed by atoms with E-state index in [4.69, 9.17) is 9.47 Å². The number of cyclic esters (lactones) is 1. The highest BCUT2D eigenvalue weighted by Crippen LogP contribution is 2.75. The van der Waals surface area contributed by atoms with Gasteiger partial charge in [-0.25, -0.2) is 10.2 Å². The summed E-state index contributed by atoms with van der Waals surface area (Å²) in [6.07, 6.45) is 12.7. The Morgan fingerprint density at radius 3 is 2.25 bits per heavy atom. The Hall–Kier alpha value is -2.82. The van der Waals surface area contributed by atoms with Crippen molar-refractivity contribution in [3.63, 3.8) is 0 Å². The molecule has 9 nitrogen and oxygen atoms in total. The summed E-state index contributed by atoms with van der Waals surface area (Å²) in [7, 11) is 4.00. The van der Waals surface area contributed by atoms with Crippen molar-refractivity contribution >= 4 is 33.5 Å². The molecule has 11 heteroatoms. The molecule has 0 aromatic heterocycles. The highest BCUT2D eigenvalue weighted by Gasteiger charge is 2.83. The lowest BCUT2D eigenvalue weighted by molar-refractivity contribution is -0.364.